The summed E-state index contributed by atoms with van der Waals surface area (Å²) >= 11 is 0. The highest BCUT2D eigenvalue weighted by Crippen LogP contribution is 2.42. The normalized spacial score (nSPS) is 11.5. The van der Waals surface area contributed by atoms with E-state index in [1.54, 1.807) is 12.1 Å². The van der Waals surface area contributed by atoms with Gasteiger partial charge in [0.2, 0.25) is 5.75 Å². The summed E-state index contributed by atoms with van der Waals surface area (Å²) in [5, 5.41) is 18.4. The Hall–Kier alpha value is -1.93. The quantitative estimate of drug-likeness (QED) is 0.843. The molecule has 1 atom stereocenters. The molecule has 1 aromatic carbocycles. The number of methoxy groups -OCH3 is 3. The van der Waals surface area contributed by atoms with Gasteiger partial charge in [0.25, 0.3) is 0 Å². The van der Waals surface area contributed by atoms with Crippen LogP contribution < -0.4 is 14.2 Å². The smallest absolute Gasteiger partial charge is 0.203 e. The summed E-state index contributed by atoms with van der Waals surface area (Å²) in [5.41, 5.74) is 0.506. The third-order valence-corrected chi connectivity index (χ3v) is 2.38. The highest BCUT2D eigenvalue weighted by molar-refractivity contribution is 5.56. The van der Waals surface area contributed by atoms with Crippen LogP contribution in [-0.2, 0) is 0 Å². The van der Waals surface area contributed by atoms with Crippen LogP contribution in [0.5, 0.6) is 17.2 Å². The second-order valence-electron chi connectivity index (χ2n) is 3.30. The Morgan fingerprint density at radius 1 is 1.18 bits per heavy atom. The zero-order chi connectivity index (χ0) is 12.8. The van der Waals surface area contributed by atoms with E-state index in [4.69, 9.17) is 19.5 Å². The van der Waals surface area contributed by atoms with E-state index in [1.807, 2.05) is 6.07 Å². The van der Waals surface area contributed by atoms with Gasteiger partial charge in [0.1, 0.15) is 0 Å². The Morgan fingerprint density at radius 2 is 1.82 bits per heavy atom. The van der Waals surface area contributed by atoms with Crippen molar-refractivity contribution >= 4 is 0 Å². The van der Waals surface area contributed by atoms with Crippen LogP contribution in [-0.4, -0.2) is 26.4 Å². The van der Waals surface area contributed by atoms with E-state index in [0.717, 1.165) is 0 Å². The van der Waals surface area contributed by atoms with Crippen LogP contribution in [0.4, 0.5) is 0 Å². The molecule has 1 N–H and O–H groups in total. The van der Waals surface area contributed by atoms with Crippen molar-refractivity contribution in [3.05, 3.63) is 17.7 Å². The summed E-state index contributed by atoms with van der Waals surface area (Å²) in [7, 11) is 4.48. The Morgan fingerprint density at radius 3 is 2.29 bits per heavy atom. The first-order chi connectivity index (χ1) is 8.19. The van der Waals surface area contributed by atoms with E-state index in [0.29, 0.717) is 22.8 Å². The number of ether oxygens (including phenoxy) is 3. The van der Waals surface area contributed by atoms with Crippen molar-refractivity contribution in [2.24, 2.45) is 0 Å². The zero-order valence-electron chi connectivity index (χ0n) is 10.1. The molecule has 92 valence electrons. The van der Waals surface area contributed by atoms with Gasteiger partial charge in [0, 0.05) is 5.56 Å². The maximum absolute atomic E-state index is 9.82. The molecule has 5 heteroatoms. The summed E-state index contributed by atoms with van der Waals surface area (Å²) in [6.07, 6.45) is -0.916. The van der Waals surface area contributed by atoms with Crippen molar-refractivity contribution in [2.75, 3.05) is 21.3 Å². The molecule has 1 unspecified atom stereocenters. The fraction of sp³-hybridized carbons (Fsp3) is 0.417. The van der Waals surface area contributed by atoms with Crippen LogP contribution in [0.3, 0.4) is 0 Å². The number of nitrogens with zero attached hydrogens (tertiary/aromatic N) is 1. The summed E-state index contributed by atoms with van der Waals surface area (Å²) in [6, 6.07) is 5.22. The van der Waals surface area contributed by atoms with Crippen molar-refractivity contribution in [1.82, 2.24) is 0 Å². The van der Waals surface area contributed by atoms with Gasteiger partial charge in [-0.15, -0.1) is 0 Å². The van der Waals surface area contributed by atoms with Crippen molar-refractivity contribution in [3.8, 4) is 23.3 Å². The van der Waals surface area contributed by atoms with Crippen molar-refractivity contribution in [1.29, 1.82) is 5.26 Å². The van der Waals surface area contributed by atoms with Gasteiger partial charge in [-0.25, -0.2) is 0 Å². The minimum Gasteiger partial charge on any atom is -0.493 e. The van der Waals surface area contributed by atoms with Crippen LogP contribution in [0.25, 0.3) is 0 Å². The Kier molecular flexibility index (Phi) is 4.61. The SMILES string of the molecule is COc1ccc(C(O)CC#N)c(OC)c1OC. The molecule has 0 aromatic heterocycles. The van der Waals surface area contributed by atoms with Gasteiger partial charge in [-0.2, -0.15) is 5.26 Å². The Bertz CT molecular complexity index is 425. The maximum Gasteiger partial charge on any atom is 0.203 e. The fourth-order valence-corrected chi connectivity index (χ4v) is 1.58. The predicted octanol–water partition coefficient (Wildman–Crippen LogP) is 1.66. The fourth-order valence-electron chi connectivity index (χ4n) is 1.58. The number of aliphatic hydroxyl groups is 1. The number of hydrogen-bond donors (Lipinski definition) is 1. The first-order valence-electron chi connectivity index (χ1n) is 5.03. The Balaban J connectivity index is 3.28. The number of aliphatic hydroxyl groups excluding tert-OH is 1. The number of nitriles is 1. The molecule has 1 aromatic rings. The second-order valence-corrected chi connectivity index (χ2v) is 3.30. The monoisotopic (exact) mass is 237 g/mol. The molecule has 0 aliphatic heterocycles. The molecule has 17 heavy (non-hydrogen) atoms. The average Bonchev–Trinajstić information content (AvgIpc) is 2.36. The van der Waals surface area contributed by atoms with E-state index < -0.39 is 6.10 Å². The second kappa shape index (κ2) is 5.97. The van der Waals surface area contributed by atoms with Gasteiger partial charge in [0.05, 0.1) is 39.9 Å². The molecule has 0 bridgehead atoms. The highest BCUT2D eigenvalue weighted by atomic mass is 16.5. The van der Waals surface area contributed by atoms with Gasteiger partial charge < -0.3 is 19.3 Å². The number of rotatable bonds is 5. The topological polar surface area (TPSA) is 71.7 Å². The van der Waals surface area contributed by atoms with Crippen LogP contribution >= 0.6 is 0 Å². The average molecular weight is 237 g/mol. The molecule has 0 aliphatic carbocycles. The molecule has 0 radical (unpaired) electrons. The van der Waals surface area contributed by atoms with E-state index in [9.17, 15) is 5.11 Å². The molecule has 0 saturated carbocycles. The molecular formula is C12H15NO4. The lowest BCUT2D eigenvalue weighted by Crippen LogP contribution is -2.03. The standard InChI is InChI=1S/C12H15NO4/c1-15-10-5-4-8(9(14)6-7-13)11(16-2)12(10)17-3/h4-5,9,14H,6H2,1-3H3. The summed E-state index contributed by atoms with van der Waals surface area (Å²) in [4.78, 5) is 0. The molecule has 0 amide bonds. The van der Waals surface area contributed by atoms with Crippen molar-refractivity contribution in [3.63, 3.8) is 0 Å². The lowest BCUT2D eigenvalue weighted by molar-refractivity contribution is 0.177. The van der Waals surface area contributed by atoms with E-state index in [2.05, 4.69) is 0 Å². The van der Waals surface area contributed by atoms with Crippen molar-refractivity contribution < 1.29 is 19.3 Å². The molecule has 0 aliphatic rings. The van der Waals surface area contributed by atoms with Gasteiger partial charge in [-0.1, -0.05) is 0 Å². The minimum absolute atomic E-state index is 0.00809. The molecular weight excluding hydrogens is 222 g/mol. The maximum atomic E-state index is 9.82. The van der Waals surface area contributed by atoms with E-state index in [-0.39, 0.29) is 6.42 Å². The van der Waals surface area contributed by atoms with Gasteiger partial charge in [0.15, 0.2) is 11.5 Å². The molecule has 0 fully saturated rings. The summed E-state index contributed by atoms with van der Waals surface area (Å²) in [5.74, 6) is 1.30. The molecule has 5 nitrogen and oxygen atoms in total. The van der Waals surface area contributed by atoms with Crippen LogP contribution in [0, 0.1) is 11.3 Å². The minimum atomic E-state index is -0.908. The molecule has 0 saturated heterocycles. The summed E-state index contributed by atoms with van der Waals surface area (Å²) in [6.45, 7) is 0. The predicted molar refractivity (Wildman–Crippen MR) is 61.3 cm³/mol. The zero-order valence-corrected chi connectivity index (χ0v) is 10.1. The highest BCUT2D eigenvalue weighted by Gasteiger charge is 2.20. The first kappa shape index (κ1) is 13.1. The van der Waals surface area contributed by atoms with E-state index in [1.165, 1.54) is 21.3 Å². The Labute approximate surface area is 100 Å². The number of hydrogen-bond acceptors (Lipinski definition) is 5. The van der Waals surface area contributed by atoms with E-state index >= 15 is 0 Å². The van der Waals surface area contributed by atoms with Crippen LogP contribution in [0.2, 0.25) is 0 Å². The van der Waals surface area contributed by atoms with Crippen LogP contribution in [0.15, 0.2) is 12.1 Å². The lowest BCUT2D eigenvalue weighted by Gasteiger charge is -2.17. The molecule has 1 rings (SSSR count). The largest absolute Gasteiger partial charge is 0.493 e. The van der Waals surface area contributed by atoms with Gasteiger partial charge in [-0.3, -0.25) is 0 Å². The first-order valence-corrected chi connectivity index (χ1v) is 5.03. The molecule has 0 spiro atoms. The van der Waals surface area contributed by atoms with Gasteiger partial charge in [-0.05, 0) is 12.1 Å². The third kappa shape index (κ3) is 2.60. The van der Waals surface area contributed by atoms with Crippen molar-refractivity contribution in [2.45, 2.75) is 12.5 Å². The van der Waals surface area contributed by atoms with Gasteiger partial charge >= 0.3 is 0 Å². The molecule has 0 heterocycles. The lowest BCUT2D eigenvalue weighted by atomic mass is 10.0. The third-order valence-electron chi connectivity index (χ3n) is 2.38. The van der Waals surface area contributed by atoms with Crippen LogP contribution in [0.1, 0.15) is 18.1 Å². The summed E-state index contributed by atoms with van der Waals surface area (Å²) < 4.78 is 15.5. The number of benzene rings is 1.